The van der Waals surface area contributed by atoms with Gasteiger partial charge in [0.2, 0.25) is 0 Å². The van der Waals surface area contributed by atoms with Crippen molar-refractivity contribution in [3.63, 3.8) is 0 Å². The summed E-state index contributed by atoms with van der Waals surface area (Å²) >= 11 is 0. The molecular weight excluding hydrogens is 344 g/mol. The number of amides is 1. The highest BCUT2D eigenvalue weighted by molar-refractivity contribution is 5.97. The number of nitrogens with zero attached hydrogens (tertiary/aromatic N) is 1. The van der Waals surface area contributed by atoms with Crippen LogP contribution < -0.4 is 5.32 Å². The van der Waals surface area contributed by atoms with E-state index in [1.165, 1.54) is 11.1 Å². The van der Waals surface area contributed by atoms with Gasteiger partial charge < -0.3 is 5.32 Å². The standard InChI is InChI=1S/C25H22N2O/c1-18(20-6-3-2-4-7-20)21-11-9-19(10-12-21)17-27-25(28)23-13-14-24-22(16-23)8-5-15-26-24/h2-16,18H,17H2,1H3,(H,27,28). The third kappa shape index (κ3) is 3.94. The molecule has 3 heteroatoms. The largest absolute Gasteiger partial charge is 0.348 e. The van der Waals surface area contributed by atoms with Crippen LogP contribution in [0.15, 0.2) is 91.1 Å². The number of nitrogens with one attached hydrogen (secondary N) is 1. The fraction of sp³-hybridized carbons (Fsp3) is 0.120. The van der Waals surface area contributed by atoms with E-state index in [0.717, 1.165) is 16.5 Å². The molecule has 0 aliphatic carbocycles. The Bertz CT molecular complexity index is 1090. The average molecular weight is 366 g/mol. The van der Waals surface area contributed by atoms with Crippen molar-refractivity contribution in [3.8, 4) is 0 Å². The van der Waals surface area contributed by atoms with Crippen molar-refractivity contribution in [1.82, 2.24) is 10.3 Å². The predicted molar refractivity (Wildman–Crippen MR) is 113 cm³/mol. The smallest absolute Gasteiger partial charge is 0.251 e. The van der Waals surface area contributed by atoms with Crippen LogP contribution >= 0.6 is 0 Å². The van der Waals surface area contributed by atoms with Crippen molar-refractivity contribution in [3.05, 3.63) is 113 Å². The van der Waals surface area contributed by atoms with Crippen molar-refractivity contribution in [2.75, 3.05) is 0 Å². The van der Waals surface area contributed by atoms with E-state index in [9.17, 15) is 4.79 Å². The topological polar surface area (TPSA) is 42.0 Å². The first-order valence-corrected chi connectivity index (χ1v) is 9.47. The van der Waals surface area contributed by atoms with Crippen molar-refractivity contribution in [2.45, 2.75) is 19.4 Å². The summed E-state index contributed by atoms with van der Waals surface area (Å²) in [6.45, 7) is 2.71. The molecule has 0 aliphatic rings. The van der Waals surface area contributed by atoms with Crippen LogP contribution in [0, 0.1) is 0 Å². The fourth-order valence-corrected chi connectivity index (χ4v) is 3.36. The van der Waals surface area contributed by atoms with Crippen LogP contribution in [-0.2, 0) is 6.54 Å². The summed E-state index contributed by atoms with van der Waals surface area (Å²) in [5, 5.41) is 3.97. The Labute approximate surface area is 165 Å². The first-order chi connectivity index (χ1) is 13.7. The van der Waals surface area contributed by atoms with E-state index >= 15 is 0 Å². The van der Waals surface area contributed by atoms with Crippen molar-refractivity contribution >= 4 is 16.8 Å². The third-order valence-electron chi connectivity index (χ3n) is 5.10. The average Bonchev–Trinajstić information content (AvgIpc) is 2.77. The molecule has 0 aliphatic heterocycles. The number of pyridine rings is 1. The van der Waals surface area contributed by atoms with Crippen LogP contribution in [-0.4, -0.2) is 10.9 Å². The Kier molecular flexibility index (Phi) is 5.16. The quantitative estimate of drug-likeness (QED) is 0.520. The lowest BCUT2D eigenvalue weighted by molar-refractivity contribution is 0.0951. The molecule has 0 spiro atoms. The first-order valence-electron chi connectivity index (χ1n) is 9.47. The van der Waals surface area contributed by atoms with Gasteiger partial charge in [-0.1, -0.05) is 67.6 Å². The molecular formula is C25H22N2O. The van der Waals surface area contributed by atoms with Gasteiger partial charge in [-0.2, -0.15) is 0 Å². The lowest BCUT2D eigenvalue weighted by Crippen LogP contribution is -2.22. The number of hydrogen-bond acceptors (Lipinski definition) is 2. The summed E-state index contributed by atoms with van der Waals surface area (Å²) in [7, 11) is 0. The third-order valence-corrected chi connectivity index (χ3v) is 5.10. The molecule has 1 heterocycles. The van der Waals surface area contributed by atoms with Crippen molar-refractivity contribution in [1.29, 1.82) is 0 Å². The summed E-state index contributed by atoms with van der Waals surface area (Å²) in [5.74, 6) is 0.267. The number of fused-ring (bicyclic) bond motifs is 1. The Morgan fingerprint density at radius 3 is 2.43 bits per heavy atom. The Balaban J connectivity index is 1.41. The van der Waals surface area contributed by atoms with Crippen LogP contribution in [0.25, 0.3) is 10.9 Å². The molecule has 0 saturated heterocycles. The normalized spacial score (nSPS) is 11.9. The second kappa shape index (κ2) is 8.05. The highest BCUT2D eigenvalue weighted by Gasteiger charge is 2.09. The van der Waals surface area contributed by atoms with Crippen LogP contribution in [0.5, 0.6) is 0 Å². The molecule has 4 aromatic rings. The molecule has 0 radical (unpaired) electrons. The Morgan fingerprint density at radius 1 is 0.893 bits per heavy atom. The van der Waals surface area contributed by atoms with Gasteiger partial charge in [0, 0.05) is 29.6 Å². The second-order valence-corrected chi connectivity index (χ2v) is 6.97. The van der Waals surface area contributed by atoms with Crippen LogP contribution in [0.1, 0.15) is 39.9 Å². The van der Waals surface area contributed by atoms with Gasteiger partial charge in [0.05, 0.1) is 5.52 Å². The molecule has 3 nitrogen and oxygen atoms in total. The lowest BCUT2D eigenvalue weighted by atomic mass is 9.92. The van der Waals surface area contributed by atoms with Gasteiger partial charge in [-0.3, -0.25) is 9.78 Å². The van der Waals surface area contributed by atoms with Gasteiger partial charge in [-0.25, -0.2) is 0 Å². The highest BCUT2D eigenvalue weighted by Crippen LogP contribution is 2.24. The van der Waals surface area contributed by atoms with E-state index in [2.05, 4.69) is 65.8 Å². The molecule has 1 amide bonds. The molecule has 1 unspecified atom stereocenters. The number of aromatic nitrogens is 1. The van der Waals surface area contributed by atoms with Gasteiger partial charge in [0.1, 0.15) is 0 Å². The fourth-order valence-electron chi connectivity index (χ4n) is 3.36. The summed E-state index contributed by atoms with van der Waals surface area (Å²) in [6.07, 6.45) is 1.75. The van der Waals surface area contributed by atoms with E-state index in [0.29, 0.717) is 18.0 Å². The van der Waals surface area contributed by atoms with Crippen LogP contribution in [0.2, 0.25) is 0 Å². The van der Waals surface area contributed by atoms with Gasteiger partial charge in [-0.15, -0.1) is 0 Å². The maximum atomic E-state index is 12.5. The zero-order chi connectivity index (χ0) is 19.3. The molecule has 4 rings (SSSR count). The number of carbonyl (C=O) groups is 1. The molecule has 0 fully saturated rings. The highest BCUT2D eigenvalue weighted by atomic mass is 16.1. The zero-order valence-electron chi connectivity index (χ0n) is 15.8. The molecule has 28 heavy (non-hydrogen) atoms. The number of carbonyl (C=O) groups excluding carboxylic acids is 1. The van der Waals surface area contributed by atoms with Gasteiger partial charge in [-0.05, 0) is 41.0 Å². The van der Waals surface area contributed by atoms with Crippen LogP contribution in [0.3, 0.4) is 0 Å². The maximum Gasteiger partial charge on any atom is 0.251 e. The molecule has 1 N–H and O–H groups in total. The molecule has 0 bridgehead atoms. The summed E-state index contributed by atoms with van der Waals surface area (Å²) in [4.78, 5) is 16.8. The van der Waals surface area contributed by atoms with E-state index in [1.807, 2.05) is 36.4 Å². The Hall–Kier alpha value is -3.46. The summed E-state index contributed by atoms with van der Waals surface area (Å²) < 4.78 is 0. The summed E-state index contributed by atoms with van der Waals surface area (Å²) in [6, 6.07) is 28.3. The number of benzene rings is 3. The van der Waals surface area contributed by atoms with E-state index < -0.39 is 0 Å². The van der Waals surface area contributed by atoms with Gasteiger partial charge in [0.25, 0.3) is 5.91 Å². The lowest BCUT2D eigenvalue weighted by Gasteiger charge is -2.13. The molecule has 138 valence electrons. The van der Waals surface area contributed by atoms with Crippen LogP contribution in [0.4, 0.5) is 0 Å². The van der Waals surface area contributed by atoms with Gasteiger partial charge >= 0.3 is 0 Å². The SMILES string of the molecule is CC(c1ccccc1)c1ccc(CNC(=O)c2ccc3ncccc3c2)cc1. The minimum atomic E-state index is -0.0764. The van der Waals surface area contributed by atoms with Crippen molar-refractivity contribution < 1.29 is 4.79 Å². The Morgan fingerprint density at radius 2 is 1.64 bits per heavy atom. The molecule has 1 atom stereocenters. The summed E-state index contributed by atoms with van der Waals surface area (Å²) in [5.41, 5.74) is 5.19. The minimum absolute atomic E-state index is 0.0764. The molecule has 3 aromatic carbocycles. The van der Waals surface area contributed by atoms with Crippen molar-refractivity contribution in [2.24, 2.45) is 0 Å². The minimum Gasteiger partial charge on any atom is -0.348 e. The monoisotopic (exact) mass is 366 g/mol. The van der Waals surface area contributed by atoms with Gasteiger partial charge in [0.15, 0.2) is 0 Å². The van der Waals surface area contributed by atoms with E-state index in [-0.39, 0.29) is 5.91 Å². The second-order valence-electron chi connectivity index (χ2n) is 6.97. The predicted octanol–water partition coefficient (Wildman–Crippen LogP) is 5.32. The number of hydrogen-bond donors (Lipinski definition) is 1. The zero-order valence-corrected chi connectivity index (χ0v) is 15.8. The van der Waals surface area contributed by atoms with E-state index in [4.69, 9.17) is 0 Å². The first kappa shape index (κ1) is 17.9. The molecule has 1 aromatic heterocycles. The molecule has 0 saturated carbocycles. The number of rotatable bonds is 5. The maximum absolute atomic E-state index is 12.5. The van der Waals surface area contributed by atoms with E-state index in [1.54, 1.807) is 6.20 Å².